The molecule has 2 amide bonds. The van der Waals surface area contributed by atoms with Gasteiger partial charge in [-0.05, 0) is 31.5 Å². The van der Waals surface area contributed by atoms with E-state index in [4.69, 9.17) is 14.0 Å². The molecule has 2 aromatic rings. The van der Waals surface area contributed by atoms with E-state index < -0.39 is 0 Å². The Bertz CT molecular complexity index is 682. The average Bonchev–Trinajstić information content (AvgIpc) is 2.95. The van der Waals surface area contributed by atoms with Crippen LogP contribution in [0.1, 0.15) is 36.9 Å². The molecule has 1 unspecified atom stereocenters. The number of carbonyl (C=O) groups is 1. The number of methoxy groups -OCH3 is 1. The molecule has 25 heavy (non-hydrogen) atoms. The van der Waals surface area contributed by atoms with Crippen LogP contribution in [0.2, 0.25) is 0 Å². The van der Waals surface area contributed by atoms with Gasteiger partial charge >= 0.3 is 6.03 Å². The van der Waals surface area contributed by atoms with E-state index in [9.17, 15) is 4.79 Å². The SMILES string of the molecule is CCOc1ccc(C(COC)NC(=O)Nc2c(C)noc2CC)cc1. The summed E-state index contributed by atoms with van der Waals surface area (Å²) in [6.07, 6.45) is 0.650. The van der Waals surface area contributed by atoms with E-state index in [1.165, 1.54) is 0 Å². The zero-order valence-electron chi connectivity index (χ0n) is 15.1. The monoisotopic (exact) mass is 347 g/mol. The van der Waals surface area contributed by atoms with Crippen molar-refractivity contribution in [3.05, 3.63) is 41.3 Å². The van der Waals surface area contributed by atoms with Gasteiger partial charge in [0.25, 0.3) is 0 Å². The van der Waals surface area contributed by atoms with Crippen molar-refractivity contribution < 1.29 is 18.8 Å². The Kier molecular flexibility index (Phi) is 6.82. The van der Waals surface area contributed by atoms with Crippen molar-refractivity contribution in [3.8, 4) is 5.75 Å². The highest BCUT2D eigenvalue weighted by Crippen LogP contribution is 2.22. The summed E-state index contributed by atoms with van der Waals surface area (Å²) in [5.41, 5.74) is 2.19. The minimum atomic E-state index is -0.336. The van der Waals surface area contributed by atoms with Crippen molar-refractivity contribution in [2.75, 3.05) is 25.6 Å². The topological polar surface area (TPSA) is 85.6 Å². The molecule has 1 aromatic heterocycles. The maximum Gasteiger partial charge on any atom is 0.319 e. The van der Waals surface area contributed by atoms with Gasteiger partial charge in [0, 0.05) is 13.5 Å². The number of aryl methyl sites for hydroxylation is 2. The summed E-state index contributed by atoms with van der Waals surface area (Å²) in [4.78, 5) is 12.4. The normalized spacial score (nSPS) is 11.8. The molecule has 7 heteroatoms. The Labute approximate surface area is 147 Å². The number of urea groups is 1. The van der Waals surface area contributed by atoms with Crippen LogP contribution in [0, 0.1) is 6.92 Å². The quantitative estimate of drug-likeness (QED) is 0.764. The Balaban J connectivity index is 2.07. The molecule has 136 valence electrons. The molecule has 0 spiro atoms. The molecule has 0 saturated heterocycles. The van der Waals surface area contributed by atoms with Gasteiger partial charge in [-0.15, -0.1) is 0 Å². The third kappa shape index (κ3) is 4.96. The van der Waals surface area contributed by atoms with Crippen LogP contribution in [0.4, 0.5) is 10.5 Å². The van der Waals surface area contributed by atoms with Crippen LogP contribution < -0.4 is 15.4 Å². The van der Waals surface area contributed by atoms with E-state index in [0.717, 1.165) is 11.3 Å². The van der Waals surface area contributed by atoms with Gasteiger partial charge in [0.05, 0.1) is 19.3 Å². The van der Waals surface area contributed by atoms with Crippen molar-refractivity contribution in [2.24, 2.45) is 0 Å². The van der Waals surface area contributed by atoms with Gasteiger partial charge < -0.3 is 24.6 Å². The lowest BCUT2D eigenvalue weighted by Crippen LogP contribution is -2.35. The first-order valence-electron chi connectivity index (χ1n) is 8.33. The molecular formula is C18H25N3O4. The van der Waals surface area contributed by atoms with E-state index in [0.29, 0.717) is 36.8 Å². The van der Waals surface area contributed by atoms with Gasteiger partial charge in [-0.25, -0.2) is 4.79 Å². The third-order valence-corrected chi connectivity index (χ3v) is 3.73. The molecule has 2 N–H and O–H groups in total. The second kappa shape index (κ2) is 9.08. The number of benzene rings is 1. The summed E-state index contributed by atoms with van der Waals surface area (Å²) in [5.74, 6) is 1.44. The molecule has 0 saturated carbocycles. The second-order valence-corrected chi connectivity index (χ2v) is 5.53. The molecule has 7 nitrogen and oxygen atoms in total. The minimum Gasteiger partial charge on any atom is -0.494 e. The van der Waals surface area contributed by atoms with Crippen molar-refractivity contribution in [1.29, 1.82) is 0 Å². The standard InChI is InChI=1S/C18H25N3O4/c1-5-16-17(12(3)21-25-16)20-18(22)19-15(11-23-4)13-7-9-14(10-8-13)24-6-2/h7-10,15H,5-6,11H2,1-4H3,(H2,19,20,22). The number of amides is 2. The molecule has 0 aliphatic heterocycles. The molecule has 1 heterocycles. The lowest BCUT2D eigenvalue weighted by molar-refractivity contribution is 0.168. The highest BCUT2D eigenvalue weighted by atomic mass is 16.5. The zero-order chi connectivity index (χ0) is 18.2. The number of hydrogen-bond acceptors (Lipinski definition) is 5. The number of ether oxygens (including phenoxy) is 2. The number of aromatic nitrogens is 1. The van der Waals surface area contributed by atoms with E-state index >= 15 is 0 Å². The third-order valence-electron chi connectivity index (χ3n) is 3.73. The molecule has 2 rings (SSSR count). The Hall–Kier alpha value is -2.54. The van der Waals surface area contributed by atoms with Gasteiger partial charge in [0.1, 0.15) is 17.1 Å². The van der Waals surface area contributed by atoms with Crippen molar-refractivity contribution in [2.45, 2.75) is 33.2 Å². The van der Waals surface area contributed by atoms with Gasteiger partial charge in [-0.1, -0.05) is 24.2 Å². The number of nitrogens with zero attached hydrogens (tertiary/aromatic N) is 1. The lowest BCUT2D eigenvalue weighted by Gasteiger charge is -2.19. The highest BCUT2D eigenvalue weighted by Gasteiger charge is 2.18. The maximum absolute atomic E-state index is 12.4. The molecular weight excluding hydrogens is 322 g/mol. The number of nitrogens with one attached hydrogen (secondary N) is 2. The number of anilines is 1. The number of carbonyl (C=O) groups excluding carboxylic acids is 1. The molecule has 0 bridgehead atoms. The van der Waals surface area contributed by atoms with Crippen LogP contribution in [-0.2, 0) is 11.2 Å². The summed E-state index contributed by atoms with van der Waals surface area (Å²) in [6, 6.07) is 6.96. The molecule has 1 atom stereocenters. The summed E-state index contributed by atoms with van der Waals surface area (Å²) in [7, 11) is 1.60. The summed E-state index contributed by atoms with van der Waals surface area (Å²) in [6.45, 7) is 6.63. The Morgan fingerprint density at radius 3 is 2.60 bits per heavy atom. The summed E-state index contributed by atoms with van der Waals surface area (Å²) >= 11 is 0. The molecule has 0 radical (unpaired) electrons. The van der Waals surface area contributed by atoms with Gasteiger partial charge in [-0.2, -0.15) is 0 Å². The predicted molar refractivity (Wildman–Crippen MR) is 95.0 cm³/mol. The predicted octanol–water partition coefficient (Wildman–Crippen LogP) is 3.45. The number of rotatable bonds is 8. The first kappa shape index (κ1) is 18.8. The van der Waals surface area contributed by atoms with E-state index in [-0.39, 0.29) is 12.1 Å². The minimum absolute atomic E-state index is 0.286. The molecule has 0 aliphatic rings. The fourth-order valence-corrected chi connectivity index (χ4v) is 2.48. The maximum atomic E-state index is 12.4. The molecule has 0 fully saturated rings. The van der Waals surface area contributed by atoms with Crippen LogP contribution in [0.3, 0.4) is 0 Å². The fourth-order valence-electron chi connectivity index (χ4n) is 2.48. The lowest BCUT2D eigenvalue weighted by atomic mass is 10.1. The van der Waals surface area contributed by atoms with E-state index in [2.05, 4.69) is 15.8 Å². The van der Waals surface area contributed by atoms with Gasteiger partial charge in [-0.3, -0.25) is 0 Å². The highest BCUT2D eigenvalue weighted by molar-refractivity contribution is 5.90. The van der Waals surface area contributed by atoms with Crippen LogP contribution in [0.25, 0.3) is 0 Å². The first-order chi connectivity index (χ1) is 12.1. The average molecular weight is 347 g/mol. The van der Waals surface area contributed by atoms with Crippen molar-refractivity contribution in [1.82, 2.24) is 10.5 Å². The molecule has 0 aliphatic carbocycles. The fraction of sp³-hybridized carbons (Fsp3) is 0.444. The van der Waals surface area contributed by atoms with Gasteiger partial charge in [0.2, 0.25) is 0 Å². The van der Waals surface area contributed by atoms with Crippen LogP contribution in [0.15, 0.2) is 28.8 Å². The van der Waals surface area contributed by atoms with Crippen LogP contribution in [0.5, 0.6) is 5.75 Å². The summed E-state index contributed by atoms with van der Waals surface area (Å²) < 4.78 is 15.9. The van der Waals surface area contributed by atoms with E-state index in [1.54, 1.807) is 14.0 Å². The first-order valence-corrected chi connectivity index (χ1v) is 8.33. The smallest absolute Gasteiger partial charge is 0.319 e. The Morgan fingerprint density at radius 2 is 2.00 bits per heavy atom. The zero-order valence-corrected chi connectivity index (χ0v) is 15.1. The Morgan fingerprint density at radius 1 is 1.28 bits per heavy atom. The summed E-state index contributed by atoms with van der Waals surface area (Å²) in [5, 5.41) is 9.62. The molecule has 1 aromatic carbocycles. The van der Waals surface area contributed by atoms with Crippen molar-refractivity contribution >= 4 is 11.7 Å². The van der Waals surface area contributed by atoms with Crippen molar-refractivity contribution in [3.63, 3.8) is 0 Å². The second-order valence-electron chi connectivity index (χ2n) is 5.53. The van der Waals surface area contributed by atoms with E-state index in [1.807, 2.05) is 38.1 Å². The van der Waals surface area contributed by atoms with Crippen LogP contribution in [-0.4, -0.2) is 31.5 Å². The van der Waals surface area contributed by atoms with Crippen LogP contribution >= 0.6 is 0 Å². The number of hydrogen-bond donors (Lipinski definition) is 2. The largest absolute Gasteiger partial charge is 0.494 e. The van der Waals surface area contributed by atoms with Gasteiger partial charge in [0.15, 0.2) is 5.76 Å².